The van der Waals surface area contributed by atoms with Gasteiger partial charge in [-0.25, -0.2) is 18.4 Å². The topological polar surface area (TPSA) is 103 Å². The van der Waals surface area contributed by atoms with Crippen molar-refractivity contribution >= 4 is 0 Å². The van der Waals surface area contributed by atoms with Crippen LogP contribution in [0.1, 0.15) is 43.3 Å². The van der Waals surface area contributed by atoms with Gasteiger partial charge in [-0.3, -0.25) is 0 Å². The van der Waals surface area contributed by atoms with Crippen LogP contribution in [0.4, 0.5) is 8.78 Å². The average molecular weight is 446 g/mol. The molecular weight excluding hydrogens is 418 g/mol. The van der Waals surface area contributed by atoms with E-state index < -0.39 is 17.7 Å². The molecule has 4 N–H and O–H groups in total. The van der Waals surface area contributed by atoms with E-state index in [1.54, 1.807) is 23.7 Å². The molecule has 0 aliphatic rings. The molecule has 0 radical (unpaired) electrons. The number of aliphatic hydroxyl groups excluding tert-OH is 2. The van der Waals surface area contributed by atoms with E-state index in [4.69, 9.17) is 0 Å². The number of aryl methyl sites for hydroxylation is 2. The Morgan fingerprint density at radius 2 is 1.81 bits per heavy atom. The summed E-state index contributed by atoms with van der Waals surface area (Å²) in [5, 5.41) is 37.1. The van der Waals surface area contributed by atoms with E-state index in [2.05, 4.69) is 15.4 Å². The molecule has 2 aromatic carbocycles. The Morgan fingerprint density at radius 3 is 2.47 bits per heavy atom. The molecule has 172 valence electrons. The number of halogens is 2. The molecule has 1 heterocycles. The third kappa shape index (κ3) is 5.87. The molecule has 1 atom stereocenters. The maximum Gasteiger partial charge on any atom is 0.181 e. The van der Waals surface area contributed by atoms with Crippen LogP contribution in [-0.4, -0.2) is 42.2 Å². The number of aliphatic hydroxyl groups is 2. The fraction of sp³-hybridized carbons (Fsp3) is 0.391. The molecule has 0 aliphatic carbocycles. The van der Waals surface area contributed by atoms with Gasteiger partial charge in [-0.2, -0.15) is 5.10 Å². The van der Waals surface area contributed by atoms with Gasteiger partial charge in [0.05, 0.1) is 12.7 Å². The third-order valence-corrected chi connectivity index (χ3v) is 5.36. The van der Waals surface area contributed by atoms with Gasteiger partial charge in [0, 0.05) is 35.8 Å². The SMILES string of the molecule is Cc1nc(-c2cc(F)cc(F)c2)nn1CCC(C)(C)NCC(O)c1ccc(O)c(CO)c1. The Balaban J connectivity index is 1.61. The Hall–Kier alpha value is -2.88. The van der Waals surface area contributed by atoms with Gasteiger partial charge in [0.1, 0.15) is 23.2 Å². The molecule has 0 amide bonds. The molecule has 1 unspecified atom stereocenters. The number of benzene rings is 2. The molecule has 3 rings (SSSR count). The molecule has 0 spiro atoms. The summed E-state index contributed by atoms with van der Waals surface area (Å²) in [6.45, 7) is 6.23. The van der Waals surface area contributed by atoms with Gasteiger partial charge < -0.3 is 20.6 Å². The van der Waals surface area contributed by atoms with Crippen LogP contribution in [0, 0.1) is 18.6 Å². The fourth-order valence-electron chi connectivity index (χ4n) is 3.34. The summed E-state index contributed by atoms with van der Waals surface area (Å²) in [5.74, 6) is -0.495. The van der Waals surface area contributed by atoms with Crippen LogP contribution in [0.15, 0.2) is 36.4 Å². The monoisotopic (exact) mass is 446 g/mol. The van der Waals surface area contributed by atoms with Gasteiger partial charge in [0.15, 0.2) is 5.82 Å². The van der Waals surface area contributed by atoms with E-state index >= 15 is 0 Å². The molecule has 0 fully saturated rings. The maximum absolute atomic E-state index is 13.5. The standard InChI is InChI=1S/C23H28F2N4O3/c1-14-27-22(16-9-18(24)11-19(25)10-16)28-29(14)7-6-23(2,3)26-12-21(32)15-4-5-20(31)17(8-15)13-30/h4-5,8-11,21,26,30-32H,6-7,12-13H2,1-3H3. The summed E-state index contributed by atoms with van der Waals surface area (Å²) in [5.41, 5.74) is 0.869. The lowest BCUT2D eigenvalue weighted by molar-refractivity contribution is 0.157. The molecule has 9 heteroatoms. The lowest BCUT2D eigenvalue weighted by Crippen LogP contribution is -2.42. The van der Waals surface area contributed by atoms with Crippen molar-refractivity contribution in [3.63, 3.8) is 0 Å². The molecule has 7 nitrogen and oxygen atoms in total. The van der Waals surface area contributed by atoms with Crippen molar-refractivity contribution in [2.24, 2.45) is 0 Å². The van der Waals surface area contributed by atoms with Gasteiger partial charge >= 0.3 is 0 Å². The minimum Gasteiger partial charge on any atom is -0.508 e. The lowest BCUT2D eigenvalue weighted by atomic mass is 9.99. The Kier molecular flexibility index (Phi) is 7.22. The van der Waals surface area contributed by atoms with Gasteiger partial charge in [0.25, 0.3) is 0 Å². The van der Waals surface area contributed by atoms with Crippen LogP contribution in [0.2, 0.25) is 0 Å². The first-order valence-electron chi connectivity index (χ1n) is 10.3. The van der Waals surface area contributed by atoms with Gasteiger partial charge in [0.2, 0.25) is 0 Å². The van der Waals surface area contributed by atoms with E-state index in [1.807, 2.05) is 13.8 Å². The summed E-state index contributed by atoms with van der Waals surface area (Å²) in [6, 6.07) is 7.83. The van der Waals surface area contributed by atoms with Crippen LogP contribution < -0.4 is 5.32 Å². The highest BCUT2D eigenvalue weighted by atomic mass is 19.1. The second-order valence-electron chi connectivity index (χ2n) is 8.44. The van der Waals surface area contributed by atoms with Crippen LogP contribution >= 0.6 is 0 Å². The molecule has 32 heavy (non-hydrogen) atoms. The number of aromatic hydroxyl groups is 1. The highest BCUT2D eigenvalue weighted by molar-refractivity contribution is 5.54. The third-order valence-electron chi connectivity index (χ3n) is 5.36. The number of phenols is 1. The van der Waals surface area contributed by atoms with Crippen molar-refractivity contribution in [2.45, 2.75) is 52.0 Å². The predicted octanol–water partition coefficient (Wildman–Crippen LogP) is 3.22. The van der Waals surface area contributed by atoms with E-state index in [0.717, 1.165) is 6.07 Å². The van der Waals surface area contributed by atoms with E-state index in [9.17, 15) is 24.1 Å². The normalized spacial score (nSPS) is 12.8. The zero-order chi connectivity index (χ0) is 23.5. The second kappa shape index (κ2) is 9.72. The number of nitrogens with zero attached hydrogens (tertiary/aromatic N) is 3. The molecular formula is C23H28F2N4O3. The first-order chi connectivity index (χ1) is 15.1. The number of aromatic nitrogens is 3. The largest absolute Gasteiger partial charge is 0.508 e. The molecule has 0 aliphatic heterocycles. The lowest BCUT2D eigenvalue weighted by Gasteiger charge is -2.28. The zero-order valence-corrected chi connectivity index (χ0v) is 18.3. The molecule has 0 saturated heterocycles. The minimum atomic E-state index is -0.817. The smallest absolute Gasteiger partial charge is 0.181 e. The first kappa shape index (κ1) is 23.8. The minimum absolute atomic E-state index is 0.0136. The van der Waals surface area contributed by atoms with Crippen molar-refractivity contribution in [1.29, 1.82) is 0 Å². The summed E-state index contributed by atoms with van der Waals surface area (Å²) >= 11 is 0. The molecule has 0 saturated carbocycles. The van der Waals surface area contributed by atoms with Gasteiger partial charge in [-0.1, -0.05) is 6.07 Å². The number of hydrogen-bond donors (Lipinski definition) is 4. The molecule has 1 aromatic heterocycles. The number of nitrogens with one attached hydrogen (secondary N) is 1. The van der Waals surface area contributed by atoms with Crippen LogP contribution in [0.5, 0.6) is 5.75 Å². The number of hydrogen-bond acceptors (Lipinski definition) is 6. The number of β-amino-alcohol motifs (C(OH)–C–C–N with tert-alkyl or cyclic N) is 1. The Bertz CT molecular complexity index is 1060. The Morgan fingerprint density at radius 1 is 1.12 bits per heavy atom. The van der Waals surface area contributed by atoms with E-state index in [1.165, 1.54) is 18.2 Å². The summed E-state index contributed by atoms with van der Waals surface area (Å²) < 4.78 is 28.7. The summed E-state index contributed by atoms with van der Waals surface area (Å²) in [6.07, 6.45) is -0.166. The van der Waals surface area contributed by atoms with Crippen molar-refractivity contribution in [2.75, 3.05) is 6.54 Å². The summed E-state index contributed by atoms with van der Waals surface area (Å²) in [4.78, 5) is 4.32. The fourth-order valence-corrected chi connectivity index (χ4v) is 3.34. The number of rotatable bonds is 9. The highest BCUT2D eigenvalue weighted by Gasteiger charge is 2.21. The highest BCUT2D eigenvalue weighted by Crippen LogP contribution is 2.23. The van der Waals surface area contributed by atoms with Crippen LogP contribution in [-0.2, 0) is 13.2 Å². The zero-order valence-electron chi connectivity index (χ0n) is 18.3. The van der Waals surface area contributed by atoms with Crippen LogP contribution in [0.3, 0.4) is 0 Å². The van der Waals surface area contributed by atoms with Crippen molar-refractivity contribution in [3.05, 3.63) is 65.0 Å². The summed E-state index contributed by atoms with van der Waals surface area (Å²) in [7, 11) is 0. The second-order valence-corrected chi connectivity index (χ2v) is 8.44. The van der Waals surface area contributed by atoms with Crippen molar-refractivity contribution in [1.82, 2.24) is 20.1 Å². The Labute approximate surface area is 185 Å². The first-order valence-corrected chi connectivity index (χ1v) is 10.3. The van der Waals surface area contributed by atoms with Crippen LogP contribution in [0.25, 0.3) is 11.4 Å². The van der Waals surface area contributed by atoms with E-state index in [-0.39, 0.29) is 35.8 Å². The van der Waals surface area contributed by atoms with Crippen molar-refractivity contribution in [3.8, 4) is 17.1 Å². The maximum atomic E-state index is 13.5. The van der Waals surface area contributed by atoms with Crippen molar-refractivity contribution < 1.29 is 24.1 Å². The molecule has 3 aromatic rings. The quantitative estimate of drug-likeness (QED) is 0.403. The van der Waals surface area contributed by atoms with Gasteiger partial charge in [-0.15, -0.1) is 0 Å². The molecule has 0 bridgehead atoms. The van der Waals surface area contributed by atoms with Gasteiger partial charge in [-0.05, 0) is 57.0 Å². The average Bonchev–Trinajstić information content (AvgIpc) is 3.11. The predicted molar refractivity (Wildman–Crippen MR) is 116 cm³/mol. The van der Waals surface area contributed by atoms with E-state index in [0.29, 0.717) is 29.9 Å².